The average molecular weight is 202 g/mol. The van der Waals surface area contributed by atoms with Crippen molar-refractivity contribution in [2.75, 3.05) is 0 Å². The first-order valence-electron chi connectivity index (χ1n) is 4.41. The molecule has 0 amide bonds. The van der Waals surface area contributed by atoms with E-state index in [9.17, 15) is 0 Å². The number of hydroxylamine groups is 1. The van der Waals surface area contributed by atoms with Crippen LogP contribution in [0.5, 0.6) is 0 Å². The van der Waals surface area contributed by atoms with Crippen LogP contribution >= 0.6 is 0 Å². The number of hydrogen-bond donors (Lipinski definition) is 2. The molecular formula is C10H10N4O. The van der Waals surface area contributed by atoms with Crippen LogP contribution in [-0.2, 0) is 0 Å². The molecule has 0 spiro atoms. The molecule has 5 nitrogen and oxygen atoms in total. The van der Waals surface area contributed by atoms with Gasteiger partial charge in [-0.15, -0.1) is 0 Å². The van der Waals surface area contributed by atoms with Gasteiger partial charge in [-0.25, -0.2) is 9.67 Å². The summed E-state index contributed by atoms with van der Waals surface area (Å²) in [5, 5.41) is 12.9. The number of hydrogen-bond acceptors (Lipinski definition) is 4. The van der Waals surface area contributed by atoms with Crippen LogP contribution in [0.1, 0.15) is 5.56 Å². The van der Waals surface area contributed by atoms with Gasteiger partial charge in [-0.3, -0.25) is 10.7 Å². The molecule has 0 aliphatic heterocycles. The van der Waals surface area contributed by atoms with Gasteiger partial charge in [0, 0.05) is 5.56 Å². The van der Waals surface area contributed by atoms with Gasteiger partial charge in [-0.05, 0) is 0 Å². The van der Waals surface area contributed by atoms with E-state index in [1.54, 1.807) is 12.5 Å². The number of benzene rings is 1. The Morgan fingerprint density at radius 3 is 2.73 bits per heavy atom. The van der Waals surface area contributed by atoms with E-state index in [2.05, 4.69) is 15.6 Å². The molecule has 0 fully saturated rings. The molecular weight excluding hydrogens is 192 g/mol. The van der Waals surface area contributed by atoms with Gasteiger partial charge in [-0.1, -0.05) is 30.3 Å². The predicted molar refractivity (Wildman–Crippen MR) is 55.6 cm³/mol. The third kappa shape index (κ3) is 2.21. The van der Waals surface area contributed by atoms with E-state index < -0.39 is 0 Å². The van der Waals surface area contributed by atoms with Crippen LogP contribution in [0.2, 0.25) is 0 Å². The van der Waals surface area contributed by atoms with Crippen molar-refractivity contribution in [2.45, 2.75) is 0 Å². The molecule has 0 aliphatic rings. The summed E-state index contributed by atoms with van der Waals surface area (Å²) in [5.74, 6) is 0. The Hall–Kier alpha value is -2.14. The van der Waals surface area contributed by atoms with Gasteiger partial charge in [-0.2, -0.15) is 5.10 Å². The van der Waals surface area contributed by atoms with E-state index in [1.807, 2.05) is 30.3 Å². The van der Waals surface area contributed by atoms with E-state index in [0.717, 1.165) is 5.56 Å². The highest BCUT2D eigenvalue weighted by atomic mass is 16.5. The minimum atomic E-state index is 0.557. The zero-order valence-corrected chi connectivity index (χ0v) is 7.91. The molecule has 0 saturated carbocycles. The minimum absolute atomic E-state index is 0.557. The maximum absolute atomic E-state index is 9.00. The number of rotatable bonds is 3. The van der Waals surface area contributed by atoms with Crippen LogP contribution in [0, 0.1) is 0 Å². The Bertz CT molecular complexity index is 436. The van der Waals surface area contributed by atoms with Gasteiger partial charge in [0.2, 0.25) is 0 Å². The normalized spacial score (nSPS) is 11.4. The Kier molecular flexibility index (Phi) is 2.75. The minimum Gasteiger partial charge on any atom is -0.291 e. The van der Waals surface area contributed by atoms with Crippen molar-refractivity contribution in [1.82, 2.24) is 20.2 Å². The van der Waals surface area contributed by atoms with Crippen molar-refractivity contribution < 1.29 is 5.21 Å². The highest BCUT2D eigenvalue weighted by Gasteiger charge is 1.99. The van der Waals surface area contributed by atoms with Crippen molar-refractivity contribution in [3.8, 4) is 0 Å². The molecule has 76 valence electrons. The maximum Gasteiger partial charge on any atom is 0.138 e. The lowest BCUT2D eigenvalue weighted by Gasteiger charge is -2.04. The van der Waals surface area contributed by atoms with Crippen LogP contribution < -0.4 is 5.48 Å². The Morgan fingerprint density at radius 1 is 1.33 bits per heavy atom. The monoisotopic (exact) mass is 202 g/mol. The summed E-state index contributed by atoms with van der Waals surface area (Å²) in [4.78, 5) is 3.80. The van der Waals surface area contributed by atoms with E-state index >= 15 is 0 Å². The Labute approximate surface area is 86.7 Å². The lowest BCUT2D eigenvalue weighted by Crippen LogP contribution is -2.06. The summed E-state index contributed by atoms with van der Waals surface area (Å²) in [6, 6.07) is 9.45. The second-order valence-electron chi connectivity index (χ2n) is 2.90. The first kappa shape index (κ1) is 9.42. The summed E-state index contributed by atoms with van der Waals surface area (Å²) >= 11 is 0. The second-order valence-corrected chi connectivity index (χ2v) is 2.90. The smallest absolute Gasteiger partial charge is 0.138 e. The largest absolute Gasteiger partial charge is 0.291 e. The van der Waals surface area contributed by atoms with Crippen molar-refractivity contribution in [3.63, 3.8) is 0 Å². The summed E-state index contributed by atoms with van der Waals surface area (Å²) < 4.78 is 1.51. The van der Waals surface area contributed by atoms with Crippen LogP contribution in [0.15, 0.2) is 43.0 Å². The van der Waals surface area contributed by atoms with E-state index in [4.69, 9.17) is 5.21 Å². The Balaban J connectivity index is 2.33. The fourth-order valence-corrected chi connectivity index (χ4v) is 1.20. The van der Waals surface area contributed by atoms with E-state index in [1.165, 1.54) is 11.0 Å². The van der Waals surface area contributed by atoms with Crippen molar-refractivity contribution in [1.29, 1.82) is 0 Å². The molecule has 1 heterocycles. The molecule has 2 rings (SSSR count). The lowest BCUT2D eigenvalue weighted by molar-refractivity contribution is 0.225. The zero-order chi connectivity index (χ0) is 10.5. The summed E-state index contributed by atoms with van der Waals surface area (Å²) in [6.07, 6.45) is 4.61. The van der Waals surface area contributed by atoms with Crippen LogP contribution in [0.25, 0.3) is 11.9 Å². The highest BCUT2D eigenvalue weighted by molar-refractivity contribution is 5.72. The first-order valence-corrected chi connectivity index (χ1v) is 4.41. The molecule has 0 saturated heterocycles. The topological polar surface area (TPSA) is 63.0 Å². The van der Waals surface area contributed by atoms with Crippen molar-refractivity contribution in [3.05, 3.63) is 48.5 Å². The Morgan fingerprint density at radius 2 is 2.13 bits per heavy atom. The van der Waals surface area contributed by atoms with Crippen molar-refractivity contribution >= 4 is 11.9 Å². The third-order valence-electron chi connectivity index (χ3n) is 1.90. The molecule has 0 radical (unpaired) electrons. The van der Waals surface area contributed by atoms with Crippen LogP contribution in [0.3, 0.4) is 0 Å². The van der Waals surface area contributed by atoms with Crippen LogP contribution in [0.4, 0.5) is 0 Å². The summed E-state index contributed by atoms with van der Waals surface area (Å²) in [6.45, 7) is 0. The van der Waals surface area contributed by atoms with E-state index in [0.29, 0.717) is 5.70 Å². The predicted octanol–water partition coefficient (Wildman–Crippen LogP) is 1.21. The quantitative estimate of drug-likeness (QED) is 0.734. The molecule has 15 heavy (non-hydrogen) atoms. The second kappa shape index (κ2) is 4.39. The molecule has 0 aliphatic carbocycles. The molecule has 0 atom stereocenters. The fraction of sp³-hybridized carbons (Fsp3) is 0. The molecule has 5 heteroatoms. The molecule has 2 aromatic rings. The van der Waals surface area contributed by atoms with Gasteiger partial charge in [0.15, 0.2) is 0 Å². The third-order valence-corrected chi connectivity index (χ3v) is 1.90. The molecule has 0 unspecified atom stereocenters. The van der Waals surface area contributed by atoms with Gasteiger partial charge < -0.3 is 0 Å². The number of aromatic nitrogens is 3. The summed E-state index contributed by atoms with van der Waals surface area (Å²) in [7, 11) is 0. The molecule has 2 N–H and O–H groups in total. The van der Waals surface area contributed by atoms with Crippen LogP contribution in [-0.4, -0.2) is 20.0 Å². The van der Waals surface area contributed by atoms with Gasteiger partial charge in [0.05, 0.1) is 11.9 Å². The molecule has 1 aromatic carbocycles. The SMILES string of the molecule is ON/C(=C/n1cncn1)c1ccccc1. The van der Waals surface area contributed by atoms with Crippen molar-refractivity contribution in [2.24, 2.45) is 0 Å². The average Bonchev–Trinajstić information content (AvgIpc) is 2.80. The maximum atomic E-state index is 9.00. The van der Waals surface area contributed by atoms with Gasteiger partial charge >= 0.3 is 0 Å². The first-order chi connectivity index (χ1) is 7.40. The van der Waals surface area contributed by atoms with Gasteiger partial charge in [0.1, 0.15) is 12.7 Å². The molecule has 0 bridgehead atoms. The zero-order valence-electron chi connectivity index (χ0n) is 7.91. The summed E-state index contributed by atoms with van der Waals surface area (Å²) in [5.41, 5.74) is 3.56. The van der Waals surface area contributed by atoms with Gasteiger partial charge in [0.25, 0.3) is 0 Å². The number of nitrogens with zero attached hydrogens (tertiary/aromatic N) is 3. The fourth-order valence-electron chi connectivity index (χ4n) is 1.20. The highest BCUT2D eigenvalue weighted by Crippen LogP contribution is 2.10. The standard InChI is InChI=1S/C10H10N4O/c15-13-10(6-14-8-11-7-12-14)9-4-2-1-3-5-9/h1-8,13,15H/b10-6+. The molecule has 1 aromatic heterocycles. The lowest BCUT2D eigenvalue weighted by atomic mass is 10.2. The van der Waals surface area contributed by atoms with E-state index in [-0.39, 0.29) is 0 Å². The number of nitrogens with one attached hydrogen (secondary N) is 1.